The van der Waals surface area contributed by atoms with Crippen LogP contribution in [0.1, 0.15) is 32.8 Å². The molecule has 0 amide bonds. The molecule has 3 rings (SSSR count). The van der Waals surface area contributed by atoms with Crippen LogP contribution >= 0.6 is 11.6 Å². The number of nitrogens with one attached hydrogen (secondary N) is 2. The van der Waals surface area contributed by atoms with Gasteiger partial charge in [-0.25, -0.2) is 10.2 Å². The SMILES string of the molecule is C/C(=N\Nc1nc2c(c(=O)[nH]c(=O)n2C)n1CCC(C)C)c1ccc(Cl)cc1. The summed E-state index contributed by atoms with van der Waals surface area (Å²) in [5.41, 5.74) is 4.31. The molecule has 0 saturated carbocycles. The molecular weight excluding hydrogens is 380 g/mol. The number of anilines is 1. The highest BCUT2D eigenvalue weighted by molar-refractivity contribution is 6.30. The van der Waals surface area contributed by atoms with Crippen LogP contribution < -0.4 is 16.7 Å². The Balaban J connectivity index is 2.05. The maximum atomic E-state index is 12.4. The van der Waals surface area contributed by atoms with Crippen molar-refractivity contribution in [1.82, 2.24) is 19.1 Å². The number of hydrogen-bond donors (Lipinski definition) is 2. The Morgan fingerprint density at radius 1 is 1.29 bits per heavy atom. The Hall–Kier alpha value is -2.87. The minimum atomic E-state index is -0.501. The highest BCUT2D eigenvalue weighted by atomic mass is 35.5. The van der Waals surface area contributed by atoms with E-state index in [-0.39, 0.29) is 0 Å². The molecule has 0 bridgehead atoms. The second-order valence-corrected chi connectivity index (χ2v) is 7.51. The number of halogens is 1. The molecule has 3 aromatic rings. The number of rotatable bonds is 6. The van der Waals surface area contributed by atoms with Gasteiger partial charge in [-0.3, -0.25) is 14.3 Å². The molecule has 0 radical (unpaired) electrons. The van der Waals surface area contributed by atoms with Gasteiger partial charge >= 0.3 is 5.69 Å². The van der Waals surface area contributed by atoms with Crippen molar-refractivity contribution in [3.63, 3.8) is 0 Å². The van der Waals surface area contributed by atoms with Crippen LogP contribution in [0.25, 0.3) is 11.2 Å². The molecule has 2 heterocycles. The van der Waals surface area contributed by atoms with Gasteiger partial charge in [0, 0.05) is 18.6 Å². The van der Waals surface area contributed by atoms with E-state index in [1.165, 1.54) is 4.57 Å². The summed E-state index contributed by atoms with van der Waals surface area (Å²) in [6.07, 6.45) is 0.850. The van der Waals surface area contributed by atoms with E-state index in [9.17, 15) is 9.59 Å². The molecular formula is C19H23ClN6O2. The Bertz CT molecular complexity index is 1140. The van der Waals surface area contributed by atoms with Crippen LogP contribution in [-0.2, 0) is 13.6 Å². The summed E-state index contributed by atoms with van der Waals surface area (Å²) >= 11 is 5.93. The van der Waals surface area contributed by atoms with Crippen LogP contribution in [0.3, 0.4) is 0 Å². The molecule has 0 unspecified atom stereocenters. The highest BCUT2D eigenvalue weighted by Crippen LogP contribution is 2.18. The summed E-state index contributed by atoms with van der Waals surface area (Å²) in [6.45, 7) is 6.65. The Morgan fingerprint density at radius 3 is 2.61 bits per heavy atom. The molecule has 2 aromatic heterocycles. The number of aryl methyl sites for hydroxylation is 2. The van der Waals surface area contributed by atoms with Gasteiger partial charge in [-0.2, -0.15) is 10.1 Å². The van der Waals surface area contributed by atoms with Crippen LogP contribution in [0.4, 0.5) is 5.95 Å². The minimum Gasteiger partial charge on any atom is -0.303 e. The van der Waals surface area contributed by atoms with Gasteiger partial charge in [-0.05, 0) is 37.0 Å². The van der Waals surface area contributed by atoms with Crippen LogP contribution in [0.2, 0.25) is 5.02 Å². The molecule has 2 N–H and O–H groups in total. The average molecular weight is 403 g/mol. The van der Waals surface area contributed by atoms with Crippen molar-refractivity contribution in [3.8, 4) is 0 Å². The van der Waals surface area contributed by atoms with E-state index in [2.05, 4.69) is 34.3 Å². The fourth-order valence-corrected chi connectivity index (χ4v) is 2.94. The molecule has 0 saturated heterocycles. The molecule has 1 aromatic carbocycles. The van der Waals surface area contributed by atoms with Crippen molar-refractivity contribution in [2.45, 2.75) is 33.7 Å². The van der Waals surface area contributed by atoms with Gasteiger partial charge in [0.25, 0.3) is 5.56 Å². The van der Waals surface area contributed by atoms with Crippen molar-refractivity contribution in [2.75, 3.05) is 5.43 Å². The summed E-state index contributed by atoms with van der Waals surface area (Å²) in [4.78, 5) is 31.1. The number of hydrogen-bond acceptors (Lipinski definition) is 5. The molecule has 0 aliphatic carbocycles. The van der Waals surface area contributed by atoms with Crippen molar-refractivity contribution < 1.29 is 0 Å². The average Bonchev–Trinajstić information content (AvgIpc) is 3.02. The summed E-state index contributed by atoms with van der Waals surface area (Å²) < 4.78 is 3.09. The monoisotopic (exact) mass is 402 g/mol. The smallest absolute Gasteiger partial charge is 0.303 e. The number of aromatic nitrogens is 4. The summed E-state index contributed by atoms with van der Waals surface area (Å²) in [7, 11) is 1.58. The number of aromatic amines is 1. The predicted molar refractivity (Wildman–Crippen MR) is 112 cm³/mol. The second kappa shape index (κ2) is 8.02. The molecule has 0 aliphatic rings. The topological polar surface area (TPSA) is 97.1 Å². The van der Waals surface area contributed by atoms with Gasteiger partial charge in [0.1, 0.15) is 0 Å². The minimum absolute atomic E-state index is 0.319. The van der Waals surface area contributed by atoms with Gasteiger partial charge in [-0.1, -0.05) is 37.6 Å². The first-order valence-electron chi connectivity index (χ1n) is 9.03. The summed E-state index contributed by atoms with van der Waals surface area (Å²) in [5.74, 6) is 0.854. The molecule has 8 nitrogen and oxygen atoms in total. The van der Waals surface area contributed by atoms with Gasteiger partial charge in [0.2, 0.25) is 5.95 Å². The first-order valence-corrected chi connectivity index (χ1v) is 9.41. The van der Waals surface area contributed by atoms with E-state index in [0.29, 0.717) is 34.6 Å². The van der Waals surface area contributed by atoms with Crippen LogP contribution in [-0.4, -0.2) is 24.8 Å². The first kappa shape index (κ1) is 19.9. The maximum Gasteiger partial charge on any atom is 0.329 e. The third-order valence-electron chi connectivity index (χ3n) is 4.52. The standard InChI is InChI=1S/C19H23ClN6O2/c1-11(2)9-10-26-15-16(25(4)19(28)22-17(15)27)21-18(26)24-23-12(3)13-5-7-14(20)8-6-13/h5-8,11H,9-10H2,1-4H3,(H,21,24)(H,22,27,28)/b23-12+. The fraction of sp³-hybridized carbons (Fsp3) is 0.368. The maximum absolute atomic E-state index is 12.4. The van der Waals surface area contributed by atoms with E-state index < -0.39 is 11.2 Å². The van der Waals surface area contributed by atoms with Gasteiger partial charge in [0.05, 0.1) is 5.71 Å². The number of imidazole rings is 1. The molecule has 0 aliphatic heterocycles. The summed E-state index contributed by atoms with van der Waals surface area (Å²) in [6, 6.07) is 7.34. The van der Waals surface area contributed by atoms with Crippen LogP contribution in [0, 0.1) is 5.92 Å². The number of H-pyrrole nitrogens is 1. The lowest BCUT2D eigenvalue weighted by molar-refractivity contribution is 0.524. The number of hydrazone groups is 1. The van der Waals surface area contributed by atoms with Crippen LogP contribution in [0.5, 0.6) is 0 Å². The zero-order valence-electron chi connectivity index (χ0n) is 16.3. The molecule has 0 spiro atoms. The van der Waals surface area contributed by atoms with E-state index in [0.717, 1.165) is 17.7 Å². The number of fused-ring (bicyclic) bond motifs is 1. The zero-order valence-corrected chi connectivity index (χ0v) is 17.0. The molecule has 28 heavy (non-hydrogen) atoms. The largest absolute Gasteiger partial charge is 0.329 e. The zero-order chi connectivity index (χ0) is 20.4. The van der Waals surface area contributed by atoms with E-state index >= 15 is 0 Å². The van der Waals surface area contributed by atoms with Crippen molar-refractivity contribution in [1.29, 1.82) is 0 Å². The normalized spacial score (nSPS) is 12.1. The van der Waals surface area contributed by atoms with Gasteiger partial charge in [-0.15, -0.1) is 0 Å². The summed E-state index contributed by atoms with van der Waals surface area (Å²) in [5, 5.41) is 5.05. The highest BCUT2D eigenvalue weighted by Gasteiger charge is 2.17. The van der Waals surface area contributed by atoms with Gasteiger partial charge < -0.3 is 4.57 Å². The van der Waals surface area contributed by atoms with Crippen molar-refractivity contribution in [2.24, 2.45) is 18.1 Å². The number of benzene rings is 1. The Labute approximate surface area is 166 Å². The predicted octanol–water partition coefficient (Wildman–Crippen LogP) is 2.96. The molecule has 0 atom stereocenters. The first-order chi connectivity index (χ1) is 13.3. The fourth-order valence-electron chi connectivity index (χ4n) is 2.81. The van der Waals surface area contributed by atoms with Crippen molar-refractivity contribution >= 4 is 34.4 Å². The lowest BCUT2D eigenvalue weighted by atomic mass is 10.1. The molecule has 0 fully saturated rings. The third-order valence-corrected chi connectivity index (χ3v) is 4.77. The number of nitrogens with zero attached hydrogens (tertiary/aromatic N) is 4. The Morgan fingerprint density at radius 2 is 1.96 bits per heavy atom. The Kier molecular flexibility index (Phi) is 5.69. The van der Waals surface area contributed by atoms with E-state index in [1.807, 2.05) is 19.1 Å². The lowest BCUT2D eigenvalue weighted by Crippen LogP contribution is -2.29. The second-order valence-electron chi connectivity index (χ2n) is 7.08. The molecule has 148 valence electrons. The lowest BCUT2D eigenvalue weighted by Gasteiger charge is -2.10. The molecule has 9 heteroatoms. The quantitative estimate of drug-likeness (QED) is 0.489. The van der Waals surface area contributed by atoms with Gasteiger partial charge in [0.15, 0.2) is 11.2 Å². The van der Waals surface area contributed by atoms with E-state index in [1.54, 1.807) is 23.7 Å². The van der Waals surface area contributed by atoms with E-state index in [4.69, 9.17) is 11.6 Å². The van der Waals surface area contributed by atoms with Crippen LogP contribution in [0.15, 0.2) is 39.0 Å². The third kappa shape index (κ3) is 4.01. The van der Waals surface area contributed by atoms with Crippen molar-refractivity contribution in [3.05, 3.63) is 55.7 Å².